The molecule has 0 amide bonds. The molecule has 0 heterocycles. The maximum atomic E-state index is 10.3. The first kappa shape index (κ1) is 11.0. The fraction of sp³-hybridized carbons (Fsp3) is 0.118. The van der Waals surface area contributed by atoms with E-state index in [0.717, 1.165) is 5.56 Å². The van der Waals surface area contributed by atoms with Crippen LogP contribution in [0, 0.1) is 0 Å². The summed E-state index contributed by atoms with van der Waals surface area (Å²) >= 11 is 0. The molecule has 18 heavy (non-hydrogen) atoms. The molecule has 2 aromatic rings. The smallest absolute Gasteiger partial charge is 0.120 e. The van der Waals surface area contributed by atoms with Gasteiger partial charge in [-0.15, -0.1) is 0 Å². The molecule has 1 unspecified atom stereocenters. The first-order valence-electron chi connectivity index (χ1n) is 6.57. The van der Waals surface area contributed by atoms with Crippen molar-refractivity contribution in [1.29, 1.82) is 0 Å². The predicted octanol–water partition coefficient (Wildman–Crippen LogP) is 4.35. The van der Waals surface area contributed by atoms with E-state index in [0.29, 0.717) is 12.7 Å². The van der Waals surface area contributed by atoms with Gasteiger partial charge in [0.2, 0.25) is 0 Å². The molecule has 0 aliphatic heterocycles. The van der Waals surface area contributed by atoms with E-state index in [1.165, 1.54) is 11.1 Å². The zero-order chi connectivity index (χ0) is 13.5. The summed E-state index contributed by atoms with van der Waals surface area (Å²) in [6, 6.07) is 18.5. The first-order chi connectivity index (χ1) is 9.29. The van der Waals surface area contributed by atoms with E-state index >= 15 is 0 Å². The first-order valence-corrected chi connectivity index (χ1v) is 5.99. The van der Waals surface area contributed by atoms with Gasteiger partial charge in [0.15, 0.2) is 0 Å². The standard InChI is InChI=1S/C17H16O/c18-14-6-2-3-7-15-10-12-17(13-11-15)16-8-4-1-5-9-16/h1,3-5,7-14H,2,6H2/i6D. The lowest BCUT2D eigenvalue weighted by atomic mass is 10.0. The molecule has 0 spiro atoms. The van der Waals surface area contributed by atoms with Crippen molar-refractivity contribution in [3.8, 4) is 11.1 Å². The Bertz CT molecular complexity index is 543. The minimum Gasteiger partial charge on any atom is -0.303 e. The van der Waals surface area contributed by atoms with E-state index in [4.69, 9.17) is 1.37 Å². The van der Waals surface area contributed by atoms with Crippen LogP contribution in [0.1, 0.15) is 19.8 Å². The second kappa shape index (κ2) is 6.55. The van der Waals surface area contributed by atoms with Crippen molar-refractivity contribution in [2.45, 2.75) is 12.8 Å². The molecular weight excluding hydrogens is 220 g/mol. The Labute approximate surface area is 109 Å². The van der Waals surface area contributed by atoms with Crippen molar-refractivity contribution < 1.29 is 6.17 Å². The minimum absolute atomic E-state index is 0.462. The minimum atomic E-state index is -0.653. The van der Waals surface area contributed by atoms with Gasteiger partial charge >= 0.3 is 0 Å². The van der Waals surface area contributed by atoms with Gasteiger partial charge in [0.25, 0.3) is 0 Å². The Hall–Kier alpha value is -2.15. The van der Waals surface area contributed by atoms with Crippen molar-refractivity contribution in [2.75, 3.05) is 0 Å². The molecule has 1 nitrogen and oxygen atoms in total. The molecule has 0 saturated carbocycles. The highest BCUT2D eigenvalue weighted by Crippen LogP contribution is 2.19. The summed E-state index contributed by atoms with van der Waals surface area (Å²) in [5.74, 6) is 0. The molecule has 0 saturated heterocycles. The number of hydrogen-bond acceptors (Lipinski definition) is 1. The molecule has 0 aliphatic carbocycles. The molecule has 0 fully saturated rings. The van der Waals surface area contributed by atoms with Crippen LogP contribution in [0.25, 0.3) is 17.2 Å². The average molecular weight is 237 g/mol. The lowest BCUT2D eigenvalue weighted by Gasteiger charge is -2.01. The van der Waals surface area contributed by atoms with Crippen molar-refractivity contribution in [2.24, 2.45) is 0 Å². The lowest BCUT2D eigenvalue weighted by Crippen LogP contribution is -1.78. The highest BCUT2D eigenvalue weighted by molar-refractivity contribution is 5.65. The van der Waals surface area contributed by atoms with Crippen molar-refractivity contribution >= 4 is 12.4 Å². The van der Waals surface area contributed by atoms with Gasteiger partial charge in [-0.25, -0.2) is 0 Å². The largest absolute Gasteiger partial charge is 0.303 e. The fourth-order valence-corrected chi connectivity index (χ4v) is 1.76. The maximum absolute atomic E-state index is 10.3. The SMILES string of the molecule is [2H]C(C=O)CC=Cc1ccc(-c2ccccc2)cc1. The Morgan fingerprint density at radius 1 is 0.944 bits per heavy atom. The van der Waals surface area contributed by atoms with Gasteiger partial charge in [0, 0.05) is 7.77 Å². The summed E-state index contributed by atoms with van der Waals surface area (Å²) in [5.41, 5.74) is 3.46. The summed E-state index contributed by atoms with van der Waals surface area (Å²) < 4.78 is 7.31. The van der Waals surface area contributed by atoms with E-state index in [-0.39, 0.29) is 0 Å². The van der Waals surface area contributed by atoms with Gasteiger partial charge in [-0.3, -0.25) is 0 Å². The molecule has 90 valence electrons. The topological polar surface area (TPSA) is 17.1 Å². The Balaban J connectivity index is 2.05. The third-order valence-electron chi connectivity index (χ3n) is 2.70. The number of rotatable bonds is 5. The Morgan fingerprint density at radius 3 is 2.28 bits per heavy atom. The van der Waals surface area contributed by atoms with Crippen LogP contribution in [0.3, 0.4) is 0 Å². The van der Waals surface area contributed by atoms with Crippen molar-refractivity contribution in [3.05, 3.63) is 66.2 Å². The summed E-state index contributed by atoms with van der Waals surface area (Å²) in [6.45, 7) is 0. The fourth-order valence-electron chi connectivity index (χ4n) is 1.76. The summed E-state index contributed by atoms with van der Waals surface area (Å²) in [4.78, 5) is 10.3. The molecule has 0 N–H and O–H groups in total. The Morgan fingerprint density at radius 2 is 1.61 bits per heavy atom. The number of benzene rings is 2. The van der Waals surface area contributed by atoms with Crippen LogP contribution >= 0.6 is 0 Å². The number of allylic oxidation sites excluding steroid dienone is 1. The molecule has 0 aliphatic rings. The van der Waals surface area contributed by atoms with E-state index in [2.05, 4.69) is 24.3 Å². The van der Waals surface area contributed by atoms with Gasteiger partial charge in [-0.05, 0) is 23.1 Å². The van der Waals surface area contributed by atoms with Crippen LogP contribution < -0.4 is 0 Å². The van der Waals surface area contributed by atoms with E-state index in [1.54, 1.807) is 0 Å². The molecule has 0 bridgehead atoms. The summed E-state index contributed by atoms with van der Waals surface area (Å²) in [6.07, 6.45) is 4.27. The van der Waals surface area contributed by atoms with Gasteiger partial charge in [0.05, 0.1) is 0 Å². The van der Waals surface area contributed by atoms with E-state index in [9.17, 15) is 4.79 Å². The van der Waals surface area contributed by atoms with Crippen molar-refractivity contribution in [3.63, 3.8) is 0 Å². The zero-order valence-electron chi connectivity index (χ0n) is 11.1. The molecule has 1 atom stereocenters. The summed E-state index contributed by atoms with van der Waals surface area (Å²) in [5, 5.41) is 0. The molecule has 2 aromatic carbocycles. The maximum Gasteiger partial charge on any atom is 0.120 e. The Kier molecular flexibility index (Phi) is 3.99. The van der Waals surface area contributed by atoms with Gasteiger partial charge in [0.1, 0.15) is 6.29 Å². The van der Waals surface area contributed by atoms with Crippen LogP contribution in [-0.4, -0.2) is 6.29 Å². The number of aldehydes is 1. The molecular formula is C17H16O. The second-order valence-corrected chi connectivity index (χ2v) is 4.00. The third kappa shape index (κ3) is 3.42. The number of carbonyl (C=O) groups is 1. The van der Waals surface area contributed by atoms with Crippen LogP contribution in [0.15, 0.2) is 60.7 Å². The van der Waals surface area contributed by atoms with E-state index in [1.807, 2.05) is 42.5 Å². The van der Waals surface area contributed by atoms with Crippen molar-refractivity contribution in [1.82, 2.24) is 0 Å². The number of carbonyl (C=O) groups excluding carboxylic acids is 1. The quantitative estimate of drug-likeness (QED) is 0.707. The second-order valence-electron chi connectivity index (χ2n) is 4.00. The zero-order valence-corrected chi connectivity index (χ0v) is 10.1. The van der Waals surface area contributed by atoms with Crippen LogP contribution in [-0.2, 0) is 4.79 Å². The van der Waals surface area contributed by atoms with Gasteiger partial charge < -0.3 is 4.79 Å². The molecule has 2 rings (SSSR count). The third-order valence-corrected chi connectivity index (χ3v) is 2.70. The van der Waals surface area contributed by atoms with Gasteiger partial charge in [-0.2, -0.15) is 0 Å². The predicted molar refractivity (Wildman–Crippen MR) is 76.2 cm³/mol. The normalized spacial score (nSPS) is 13.2. The highest BCUT2D eigenvalue weighted by atomic mass is 16.1. The van der Waals surface area contributed by atoms with Gasteiger partial charge in [-0.1, -0.05) is 66.7 Å². The molecule has 1 heteroatoms. The van der Waals surface area contributed by atoms with E-state index < -0.39 is 6.40 Å². The number of hydrogen-bond donors (Lipinski definition) is 0. The molecule has 0 radical (unpaired) electrons. The average Bonchev–Trinajstić information content (AvgIpc) is 2.48. The highest BCUT2D eigenvalue weighted by Gasteiger charge is 1.95. The molecule has 0 aromatic heterocycles. The monoisotopic (exact) mass is 237 g/mol. The lowest BCUT2D eigenvalue weighted by molar-refractivity contribution is -0.107. The van der Waals surface area contributed by atoms with Crippen LogP contribution in [0.2, 0.25) is 0 Å². The van der Waals surface area contributed by atoms with Crippen LogP contribution in [0.4, 0.5) is 0 Å². The summed E-state index contributed by atoms with van der Waals surface area (Å²) in [7, 11) is 0. The van der Waals surface area contributed by atoms with Crippen LogP contribution in [0.5, 0.6) is 0 Å².